The topological polar surface area (TPSA) is 85.7 Å². The van der Waals surface area contributed by atoms with Gasteiger partial charge >= 0.3 is 0 Å². The van der Waals surface area contributed by atoms with E-state index in [1.807, 2.05) is 34.6 Å². The molecule has 0 saturated carbocycles. The first-order valence-corrected chi connectivity index (χ1v) is 8.07. The molecule has 132 valence electrons. The highest BCUT2D eigenvalue weighted by molar-refractivity contribution is 6.05. The van der Waals surface area contributed by atoms with Crippen LogP contribution in [-0.4, -0.2) is 53.6 Å². The van der Waals surface area contributed by atoms with Crippen molar-refractivity contribution in [3.05, 3.63) is 11.8 Å². The number of amides is 1. The van der Waals surface area contributed by atoms with E-state index in [0.29, 0.717) is 0 Å². The van der Waals surface area contributed by atoms with Crippen LogP contribution < -0.4 is 5.32 Å². The summed E-state index contributed by atoms with van der Waals surface area (Å²) in [7, 11) is 1.72. The second-order valence-electron chi connectivity index (χ2n) is 7.63. The van der Waals surface area contributed by atoms with E-state index in [9.17, 15) is 9.90 Å². The second kappa shape index (κ2) is 7.45. The minimum absolute atomic E-state index is 0.0708. The lowest BCUT2D eigenvalue weighted by Crippen LogP contribution is -2.58. The third kappa shape index (κ3) is 5.32. The van der Waals surface area contributed by atoms with Crippen molar-refractivity contribution < 1.29 is 14.6 Å². The summed E-state index contributed by atoms with van der Waals surface area (Å²) in [6.07, 6.45) is 3.35. The van der Waals surface area contributed by atoms with Crippen molar-refractivity contribution in [2.75, 3.05) is 20.2 Å². The average molecular weight is 325 g/mol. The maximum Gasteiger partial charge on any atom is 0.245 e. The fourth-order valence-corrected chi connectivity index (χ4v) is 2.46. The molecular formula is C17H31N3O3. The van der Waals surface area contributed by atoms with Crippen molar-refractivity contribution in [3.8, 4) is 0 Å². The zero-order valence-electron chi connectivity index (χ0n) is 15.2. The van der Waals surface area contributed by atoms with Crippen molar-refractivity contribution in [1.29, 1.82) is 5.41 Å². The van der Waals surface area contributed by atoms with Gasteiger partial charge in [-0.15, -0.1) is 0 Å². The zero-order chi connectivity index (χ0) is 17.8. The van der Waals surface area contributed by atoms with Gasteiger partial charge in [-0.2, -0.15) is 0 Å². The third-order valence-electron chi connectivity index (χ3n) is 4.42. The summed E-state index contributed by atoms with van der Waals surface area (Å²) in [5.74, 6) is -0.264. The number of amidine groups is 1. The Labute approximate surface area is 139 Å². The third-order valence-corrected chi connectivity index (χ3v) is 4.42. The van der Waals surface area contributed by atoms with Crippen LogP contribution in [0.15, 0.2) is 11.8 Å². The lowest BCUT2D eigenvalue weighted by Gasteiger charge is -2.41. The standard InChI is InChI=1S/C17H31N3O3/c1-16(2,3)13(21)11-14(18)19-15(22)17(4,5)20-9-7-12(23-6)8-10-20/h11-12,21H,7-10H2,1-6H3,(H2,18,19,22)/b13-11-. The van der Waals surface area contributed by atoms with Crippen LogP contribution in [0.2, 0.25) is 0 Å². The molecule has 0 radical (unpaired) electrons. The molecule has 0 aromatic carbocycles. The summed E-state index contributed by atoms with van der Waals surface area (Å²) in [6, 6.07) is 0. The highest BCUT2D eigenvalue weighted by Gasteiger charge is 2.37. The largest absolute Gasteiger partial charge is 0.512 e. The number of carbonyl (C=O) groups is 1. The van der Waals surface area contributed by atoms with Gasteiger partial charge in [0.15, 0.2) is 0 Å². The first kappa shape index (κ1) is 19.6. The Morgan fingerprint density at radius 2 is 1.78 bits per heavy atom. The van der Waals surface area contributed by atoms with Crippen LogP contribution in [0.3, 0.4) is 0 Å². The summed E-state index contributed by atoms with van der Waals surface area (Å²) in [4.78, 5) is 14.6. The number of likely N-dealkylation sites (tertiary alicyclic amines) is 1. The number of nitrogens with zero attached hydrogens (tertiary/aromatic N) is 1. The highest BCUT2D eigenvalue weighted by Crippen LogP contribution is 2.23. The Balaban J connectivity index is 2.67. The number of hydrogen-bond acceptors (Lipinski definition) is 5. The predicted molar refractivity (Wildman–Crippen MR) is 91.7 cm³/mol. The van der Waals surface area contributed by atoms with Crippen LogP contribution in [0.25, 0.3) is 0 Å². The van der Waals surface area contributed by atoms with Gasteiger partial charge in [-0.3, -0.25) is 15.1 Å². The molecule has 0 atom stereocenters. The first-order valence-electron chi connectivity index (χ1n) is 8.07. The maximum absolute atomic E-state index is 12.5. The van der Waals surface area contributed by atoms with E-state index in [4.69, 9.17) is 10.1 Å². The van der Waals surface area contributed by atoms with Gasteiger partial charge in [0.1, 0.15) is 11.6 Å². The molecule has 0 aliphatic carbocycles. The monoisotopic (exact) mass is 325 g/mol. The minimum atomic E-state index is -0.712. The van der Waals surface area contributed by atoms with Gasteiger partial charge in [0.2, 0.25) is 5.91 Å². The van der Waals surface area contributed by atoms with Gasteiger partial charge in [-0.25, -0.2) is 0 Å². The molecule has 1 saturated heterocycles. The molecule has 3 N–H and O–H groups in total. The van der Waals surface area contributed by atoms with E-state index in [1.54, 1.807) is 7.11 Å². The number of aliphatic hydroxyl groups is 1. The van der Waals surface area contributed by atoms with E-state index in [-0.39, 0.29) is 23.6 Å². The van der Waals surface area contributed by atoms with Crippen molar-refractivity contribution in [2.24, 2.45) is 5.41 Å². The van der Waals surface area contributed by atoms with E-state index < -0.39 is 11.0 Å². The van der Waals surface area contributed by atoms with Crippen LogP contribution >= 0.6 is 0 Å². The predicted octanol–water partition coefficient (Wildman–Crippen LogP) is 2.46. The molecule has 1 aliphatic heterocycles. The number of nitrogens with one attached hydrogen (secondary N) is 2. The lowest BCUT2D eigenvalue weighted by molar-refractivity contribution is -0.131. The number of hydrogen-bond donors (Lipinski definition) is 3. The molecule has 1 heterocycles. The number of allylic oxidation sites excluding steroid dienone is 1. The molecule has 0 unspecified atom stereocenters. The summed E-state index contributed by atoms with van der Waals surface area (Å²) in [6.45, 7) is 10.8. The highest BCUT2D eigenvalue weighted by atomic mass is 16.5. The molecule has 23 heavy (non-hydrogen) atoms. The Bertz CT molecular complexity index is 470. The number of rotatable bonds is 4. The summed E-state index contributed by atoms with van der Waals surface area (Å²) in [5.41, 5.74) is -1.16. The minimum Gasteiger partial charge on any atom is -0.512 e. The number of carbonyl (C=O) groups excluding carboxylic acids is 1. The van der Waals surface area contributed by atoms with E-state index in [0.717, 1.165) is 25.9 Å². The molecular weight excluding hydrogens is 294 g/mol. The van der Waals surface area contributed by atoms with Gasteiger partial charge in [-0.1, -0.05) is 20.8 Å². The normalized spacial score (nSPS) is 18.8. The van der Waals surface area contributed by atoms with Crippen LogP contribution in [-0.2, 0) is 9.53 Å². The van der Waals surface area contributed by atoms with Gasteiger partial charge in [0.05, 0.1) is 11.6 Å². The van der Waals surface area contributed by atoms with E-state index in [2.05, 4.69) is 10.2 Å². The molecule has 1 amide bonds. The average Bonchev–Trinajstić information content (AvgIpc) is 2.46. The number of piperidine rings is 1. The fourth-order valence-electron chi connectivity index (χ4n) is 2.46. The quantitative estimate of drug-likeness (QED) is 0.421. The summed E-state index contributed by atoms with van der Waals surface area (Å²) in [5, 5.41) is 20.4. The Morgan fingerprint density at radius 1 is 1.26 bits per heavy atom. The molecule has 0 aromatic rings. The Hall–Kier alpha value is -1.40. The molecule has 1 rings (SSSR count). The summed E-state index contributed by atoms with van der Waals surface area (Å²) < 4.78 is 5.36. The smallest absolute Gasteiger partial charge is 0.245 e. The van der Waals surface area contributed by atoms with Crippen molar-refractivity contribution in [1.82, 2.24) is 10.2 Å². The van der Waals surface area contributed by atoms with Crippen LogP contribution in [0.5, 0.6) is 0 Å². The molecule has 1 aliphatic rings. The maximum atomic E-state index is 12.5. The molecule has 1 fully saturated rings. The van der Waals surface area contributed by atoms with Crippen LogP contribution in [0, 0.1) is 10.8 Å². The zero-order valence-corrected chi connectivity index (χ0v) is 15.2. The van der Waals surface area contributed by atoms with Gasteiger partial charge in [0.25, 0.3) is 0 Å². The van der Waals surface area contributed by atoms with E-state index in [1.165, 1.54) is 6.08 Å². The van der Waals surface area contributed by atoms with E-state index >= 15 is 0 Å². The fraction of sp³-hybridized carbons (Fsp3) is 0.765. The van der Waals surface area contributed by atoms with Crippen molar-refractivity contribution in [3.63, 3.8) is 0 Å². The van der Waals surface area contributed by atoms with Crippen molar-refractivity contribution >= 4 is 11.7 Å². The van der Waals surface area contributed by atoms with Crippen LogP contribution in [0.4, 0.5) is 0 Å². The van der Waals surface area contributed by atoms with Gasteiger partial charge in [-0.05, 0) is 26.7 Å². The SMILES string of the molecule is COC1CCN(C(C)(C)C(=O)NC(=N)/C=C(\O)C(C)(C)C)CC1. The van der Waals surface area contributed by atoms with Gasteiger partial charge < -0.3 is 15.2 Å². The molecule has 6 heteroatoms. The Morgan fingerprint density at radius 3 is 2.22 bits per heavy atom. The first-order chi connectivity index (χ1) is 10.5. The Kier molecular flexibility index (Phi) is 6.36. The van der Waals surface area contributed by atoms with Gasteiger partial charge in [0, 0.05) is 31.7 Å². The molecule has 0 aromatic heterocycles. The lowest BCUT2D eigenvalue weighted by atomic mass is 9.93. The number of ether oxygens (including phenoxy) is 1. The number of aliphatic hydroxyl groups excluding tert-OH is 1. The number of methoxy groups -OCH3 is 1. The van der Waals surface area contributed by atoms with Crippen LogP contribution in [0.1, 0.15) is 47.5 Å². The molecule has 0 bridgehead atoms. The summed E-state index contributed by atoms with van der Waals surface area (Å²) >= 11 is 0. The molecule has 6 nitrogen and oxygen atoms in total. The molecule has 0 spiro atoms. The second-order valence-corrected chi connectivity index (χ2v) is 7.63. The van der Waals surface area contributed by atoms with Crippen molar-refractivity contribution in [2.45, 2.75) is 59.1 Å².